The van der Waals surface area contributed by atoms with Crippen LogP contribution in [0.3, 0.4) is 0 Å². The lowest BCUT2D eigenvalue weighted by Gasteiger charge is -2.05. The van der Waals surface area contributed by atoms with Gasteiger partial charge in [0.15, 0.2) is 7.28 Å². The van der Waals surface area contributed by atoms with E-state index in [1.807, 2.05) is 6.07 Å². The molecule has 153 valence electrons. The summed E-state index contributed by atoms with van der Waals surface area (Å²) in [6, 6.07) is 5.07. The molecular weight excluding hydrogens is 330 g/mol. The summed E-state index contributed by atoms with van der Waals surface area (Å²) in [5, 5.41) is 0. The van der Waals surface area contributed by atoms with Gasteiger partial charge < -0.3 is 0 Å². The van der Waals surface area contributed by atoms with Crippen molar-refractivity contribution >= 4 is 12.7 Å². The van der Waals surface area contributed by atoms with Gasteiger partial charge in [-0.05, 0) is 19.1 Å². The van der Waals surface area contributed by atoms with Crippen LogP contribution >= 0.6 is 0 Å². The molecule has 0 N–H and O–H groups in total. The van der Waals surface area contributed by atoms with E-state index in [0.29, 0.717) is 0 Å². The third kappa shape index (κ3) is 13.9. The van der Waals surface area contributed by atoms with Gasteiger partial charge in [0.2, 0.25) is 0 Å². The summed E-state index contributed by atoms with van der Waals surface area (Å²) in [5.41, 5.74) is 2.24. The highest BCUT2D eigenvalue weighted by Crippen LogP contribution is 2.14. The highest BCUT2D eigenvalue weighted by molar-refractivity contribution is 6.53. The van der Waals surface area contributed by atoms with Crippen molar-refractivity contribution < 1.29 is 4.39 Å². The summed E-state index contributed by atoms with van der Waals surface area (Å²) in [6.07, 6.45) is 23.5. The molecule has 0 fully saturated rings. The van der Waals surface area contributed by atoms with E-state index in [1.54, 1.807) is 12.1 Å². The van der Waals surface area contributed by atoms with Crippen LogP contribution in [0.15, 0.2) is 18.2 Å². The molecule has 0 saturated heterocycles. The molecular formula is C25H43BF. The topological polar surface area (TPSA) is 0 Å². The zero-order valence-electron chi connectivity index (χ0n) is 18.2. The molecule has 0 aliphatic heterocycles. The van der Waals surface area contributed by atoms with Crippen LogP contribution in [-0.2, 0) is 0 Å². The largest absolute Gasteiger partial charge is 0.207 e. The van der Waals surface area contributed by atoms with E-state index in [9.17, 15) is 4.39 Å². The number of benzene rings is 1. The van der Waals surface area contributed by atoms with Crippen LogP contribution in [0.25, 0.3) is 0 Å². The molecule has 0 heterocycles. The minimum atomic E-state index is -0.126. The second-order valence-corrected chi connectivity index (χ2v) is 8.30. The van der Waals surface area contributed by atoms with Gasteiger partial charge in [-0.1, -0.05) is 133 Å². The zero-order chi connectivity index (χ0) is 19.6. The Labute approximate surface area is 170 Å². The van der Waals surface area contributed by atoms with Crippen molar-refractivity contribution in [3.63, 3.8) is 0 Å². The SMILES string of the molecule is CCCCCCCCCCCCCCCCCC[B]c1cc(F)ccc1C. The molecule has 1 rings (SSSR count). The number of halogens is 1. The van der Waals surface area contributed by atoms with E-state index in [2.05, 4.69) is 21.1 Å². The van der Waals surface area contributed by atoms with Gasteiger partial charge in [0.25, 0.3) is 0 Å². The second-order valence-electron chi connectivity index (χ2n) is 8.30. The summed E-state index contributed by atoms with van der Waals surface area (Å²) in [4.78, 5) is 0. The molecule has 0 nitrogen and oxygen atoms in total. The van der Waals surface area contributed by atoms with Crippen LogP contribution in [0.1, 0.15) is 115 Å². The Morgan fingerprint density at radius 2 is 1.11 bits per heavy atom. The summed E-state index contributed by atoms with van der Waals surface area (Å²) < 4.78 is 13.2. The Morgan fingerprint density at radius 3 is 1.59 bits per heavy atom. The molecule has 0 saturated carbocycles. The van der Waals surface area contributed by atoms with E-state index in [1.165, 1.54) is 108 Å². The van der Waals surface area contributed by atoms with Crippen molar-refractivity contribution in [2.45, 2.75) is 123 Å². The van der Waals surface area contributed by atoms with Crippen molar-refractivity contribution in [2.24, 2.45) is 0 Å². The predicted octanol–water partition coefficient (Wildman–Crippen LogP) is 8.14. The number of unbranched alkanes of at least 4 members (excludes halogenated alkanes) is 15. The van der Waals surface area contributed by atoms with Crippen LogP contribution in [-0.4, -0.2) is 7.28 Å². The van der Waals surface area contributed by atoms with Crippen molar-refractivity contribution in [1.29, 1.82) is 0 Å². The highest BCUT2D eigenvalue weighted by Gasteiger charge is 2.02. The molecule has 0 aromatic heterocycles. The molecule has 1 aromatic rings. The predicted molar refractivity (Wildman–Crippen MR) is 121 cm³/mol. The van der Waals surface area contributed by atoms with Gasteiger partial charge in [-0.3, -0.25) is 0 Å². The van der Waals surface area contributed by atoms with Crippen molar-refractivity contribution in [1.82, 2.24) is 0 Å². The number of aryl methyl sites for hydroxylation is 1. The maximum absolute atomic E-state index is 13.2. The van der Waals surface area contributed by atoms with Crippen molar-refractivity contribution in [2.75, 3.05) is 0 Å². The molecule has 2 heteroatoms. The Morgan fingerprint density at radius 1 is 0.667 bits per heavy atom. The van der Waals surface area contributed by atoms with Gasteiger partial charge in [0, 0.05) is 0 Å². The van der Waals surface area contributed by atoms with Gasteiger partial charge in [0.05, 0.1) is 0 Å². The van der Waals surface area contributed by atoms with Gasteiger partial charge in [-0.25, -0.2) is 4.39 Å². The van der Waals surface area contributed by atoms with Crippen LogP contribution < -0.4 is 5.46 Å². The maximum atomic E-state index is 13.2. The van der Waals surface area contributed by atoms with Crippen molar-refractivity contribution in [3.8, 4) is 0 Å². The molecule has 0 atom stereocenters. The minimum Gasteiger partial charge on any atom is -0.207 e. The molecule has 1 radical (unpaired) electrons. The Balaban J connectivity index is 1.78. The van der Waals surface area contributed by atoms with Crippen LogP contribution in [0, 0.1) is 12.7 Å². The normalized spacial score (nSPS) is 11.1. The lowest BCUT2D eigenvalue weighted by Crippen LogP contribution is -2.17. The molecule has 0 amide bonds. The zero-order valence-corrected chi connectivity index (χ0v) is 18.2. The monoisotopic (exact) mass is 373 g/mol. The van der Waals surface area contributed by atoms with E-state index < -0.39 is 0 Å². The van der Waals surface area contributed by atoms with Gasteiger partial charge in [0.1, 0.15) is 5.82 Å². The molecule has 0 unspecified atom stereocenters. The Kier molecular flexibility index (Phi) is 15.6. The number of hydrogen-bond donors (Lipinski definition) is 0. The van der Waals surface area contributed by atoms with Crippen LogP contribution in [0.4, 0.5) is 4.39 Å². The van der Waals surface area contributed by atoms with Crippen LogP contribution in [0.5, 0.6) is 0 Å². The third-order valence-electron chi connectivity index (χ3n) is 5.66. The summed E-state index contributed by atoms with van der Waals surface area (Å²) in [7, 11) is 2.20. The summed E-state index contributed by atoms with van der Waals surface area (Å²) in [5.74, 6) is -0.126. The highest BCUT2D eigenvalue weighted by atomic mass is 19.1. The Bertz CT molecular complexity index is 458. The summed E-state index contributed by atoms with van der Waals surface area (Å²) >= 11 is 0. The lowest BCUT2D eigenvalue weighted by atomic mass is 9.64. The lowest BCUT2D eigenvalue weighted by molar-refractivity contribution is 0.531. The fourth-order valence-corrected chi connectivity index (χ4v) is 3.78. The fraction of sp³-hybridized carbons (Fsp3) is 0.760. The van der Waals surface area contributed by atoms with Gasteiger partial charge >= 0.3 is 0 Å². The van der Waals surface area contributed by atoms with E-state index in [4.69, 9.17) is 0 Å². The minimum absolute atomic E-state index is 0.126. The first-order valence-corrected chi connectivity index (χ1v) is 11.8. The molecule has 0 spiro atoms. The molecule has 27 heavy (non-hydrogen) atoms. The first-order chi connectivity index (χ1) is 13.2. The standard InChI is InChI=1S/C25H43BF/c1-3-4-5-6-7-8-9-10-11-12-13-14-15-16-17-18-21-26-25-22-24(27)20-19-23(25)2/h19-20,22H,3-18,21H2,1-2H3. The Hall–Kier alpha value is -0.785. The number of hydrogen-bond acceptors (Lipinski definition) is 0. The molecule has 0 aliphatic carbocycles. The quantitative estimate of drug-likeness (QED) is 0.180. The molecule has 0 bridgehead atoms. The molecule has 0 aliphatic rings. The average Bonchev–Trinajstić information content (AvgIpc) is 2.67. The van der Waals surface area contributed by atoms with Gasteiger partial charge in [-0.15, -0.1) is 0 Å². The smallest absolute Gasteiger partial charge is 0.152 e. The average molecular weight is 373 g/mol. The van der Waals surface area contributed by atoms with E-state index in [0.717, 1.165) is 11.8 Å². The maximum Gasteiger partial charge on any atom is 0.152 e. The summed E-state index contributed by atoms with van der Waals surface area (Å²) in [6.45, 7) is 4.34. The first-order valence-electron chi connectivity index (χ1n) is 11.8. The number of rotatable bonds is 18. The first kappa shape index (κ1) is 24.3. The van der Waals surface area contributed by atoms with Crippen LogP contribution in [0.2, 0.25) is 6.32 Å². The van der Waals surface area contributed by atoms with Gasteiger partial charge in [-0.2, -0.15) is 0 Å². The van der Waals surface area contributed by atoms with Crippen molar-refractivity contribution in [3.05, 3.63) is 29.6 Å². The second kappa shape index (κ2) is 17.3. The third-order valence-corrected chi connectivity index (χ3v) is 5.66. The molecule has 1 aromatic carbocycles. The van der Waals surface area contributed by atoms with E-state index in [-0.39, 0.29) is 5.82 Å². The van der Waals surface area contributed by atoms with E-state index >= 15 is 0 Å². The fourth-order valence-electron chi connectivity index (χ4n) is 3.78.